The minimum Gasteiger partial charge on any atom is -0.368 e. The van der Waals surface area contributed by atoms with E-state index >= 15 is 0 Å². The summed E-state index contributed by atoms with van der Waals surface area (Å²) in [6, 6.07) is 4.00. The molecule has 0 aliphatic carbocycles. The lowest BCUT2D eigenvalue weighted by atomic mass is 10.2. The van der Waals surface area contributed by atoms with E-state index in [0.29, 0.717) is 11.6 Å². The van der Waals surface area contributed by atoms with Crippen LogP contribution in [0, 0.1) is 6.92 Å². The Morgan fingerprint density at radius 3 is 2.94 bits per heavy atom. The number of aromatic nitrogens is 4. The Balaban J connectivity index is 2.19. The van der Waals surface area contributed by atoms with Gasteiger partial charge in [-0.25, -0.2) is 4.98 Å². The summed E-state index contributed by atoms with van der Waals surface area (Å²) < 4.78 is 1.11. The van der Waals surface area contributed by atoms with Crippen molar-refractivity contribution < 1.29 is 0 Å². The van der Waals surface area contributed by atoms with Gasteiger partial charge in [0, 0.05) is 11.8 Å². The van der Waals surface area contributed by atoms with Crippen LogP contribution in [0.15, 0.2) is 23.7 Å². The van der Waals surface area contributed by atoms with Crippen molar-refractivity contribution in [3.8, 4) is 11.4 Å². The van der Waals surface area contributed by atoms with Crippen LogP contribution < -0.4 is 5.73 Å². The second-order valence-corrected chi connectivity index (χ2v) is 4.54. The number of pyridine rings is 1. The summed E-state index contributed by atoms with van der Waals surface area (Å²) in [5, 5.41) is 2.01. The van der Waals surface area contributed by atoms with Crippen molar-refractivity contribution in [1.29, 1.82) is 0 Å². The van der Waals surface area contributed by atoms with Crippen molar-refractivity contribution in [1.82, 2.24) is 19.9 Å². The molecule has 0 fully saturated rings. The van der Waals surface area contributed by atoms with Crippen LogP contribution in [0.5, 0.6) is 0 Å². The zero-order valence-corrected chi connectivity index (χ0v) is 9.90. The molecule has 17 heavy (non-hydrogen) atoms. The molecule has 0 unspecified atom stereocenters. The fourth-order valence-electron chi connectivity index (χ4n) is 1.60. The molecule has 0 aromatic carbocycles. The van der Waals surface area contributed by atoms with Crippen LogP contribution in [0.25, 0.3) is 21.6 Å². The molecule has 0 amide bonds. The summed E-state index contributed by atoms with van der Waals surface area (Å²) in [4.78, 5) is 16.7. The Morgan fingerprint density at radius 2 is 2.12 bits per heavy atom. The first-order valence-electron chi connectivity index (χ1n) is 5.04. The quantitative estimate of drug-likeness (QED) is 0.707. The van der Waals surface area contributed by atoms with Gasteiger partial charge in [0.05, 0.1) is 10.2 Å². The largest absolute Gasteiger partial charge is 0.368 e. The molecule has 0 radical (unpaired) electrons. The van der Waals surface area contributed by atoms with Crippen LogP contribution in [0.2, 0.25) is 0 Å². The molecular weight excluding hydrogens is 234 g/mol. The average Bonchev–Trinajstić information content (AvgIpc) is 2.74. The standard InChI is InChI=1S/C11H9N5S/c1-6-14-10(16-11(12)15-6)7-4-9-8(13-5-7)2-3-17-9/h2-5H,1H3,(H2,12,14,15,16). The number of nitrogens with two attached hydrogens (primary N) is 1. The van der Waals surface area contributed by atoms with Crippen LogP contribution in [-0.2, 0) is 0 Å². The minimum absolute atomic E-state index is 0.235. The molecule has 5 nitrogen and oxygen atoms in total. The van der Waals surface area contributed by atoms with Gasteiger partial charge in [0.15, 0.2) is 5.82 Å². The van der Waals surface area contributed by atoms with Gasteiger partial charge in [-0.2, -0.15) is 9.97 Å². The van der Waals surface area contributed by atoms with E-state index in [4.69, 9.17) is 5.73 Å². The third kappa shape index (κ3) is 1.83. The fourth-order valence-corrected chi connectivity index (χ4v) is 2.38. The van der Waals surface area contributed by atoms with Crippen molar-refractivity contribution >= 4 is 27.5 Å². The Kier molecular flexibility index (Phi) is 2.22. The van der Waals surface area contributed by atoms with E-state index < -0.39 is 0 Å². The van der Waals surface area contributed by atoms with Gasteiger partial charge in [-0.15, -0.1) is 11.3 Å². The molecule has 2 N–H and O–H groups in total. The zero-order valence-electron chi connectivity index (χ0n) is 9.08. The molecule has 3 aromatic heterocycles. The van der Waals surface area contributed by atoms with E-state index in [1.54, 1.807) is 24.5 Å². The van der Waals surface area contributed by atoms with Crippen LogP contribution in [-0.4, -0.2) is 19.9 Å². The van der Waals surface area contributed by atoms with Gasteiger partial charge in [0.1, 0.15) is 5.82 Å². The summed E-state index contributed by atoms with van der Waals surface area (Å²) >= 11 is 1.64. The normalized spacial score (nSPS) is 10.9. The third-order valence-corrected chi connectivity index (χ3v) is 3.18. The van der Waals surface area contributed by atoms with Gasteiger partial charge in [-0.05, 0) is 24.4 Å². The fraction of sp³-hybridized carbons (Fsp3) is 0.0909. The Hall–Kier alpha value is -2.08. The number of fused-ring (bicyclic) bond motifs is 1. The van der Waals surface area contributed by atoms with Crippen LogP contribution >= 0.6 is 11.3 Å². The summed E-state index contributed by atoms with van der Waals surface area (Å²) in [5.74, 6) is 1.41. The van der Waals surface area contributed by atoms with E-state index in [0.717, 1.165) is 15.8 Å². The molecule has 0 saturated carbocycles. The Morgan fingerprint density at radius 1 is 1.24 bits per heavy atom. The molecule has 0 saturated heterocycles. The number of thiophene rings is 1. The highest BCUT2D eigenvalue weighted by atomic mass is 32.1. The number of hydrogen-bond acceptors (Lipinski definition) is 6. The number of rotatable bonds is 1. The van der Waals surface area contributed by atoms with Gasteiger partial charge in [0.2, 0.25) is 5.95 Å². The molecule has 0 aliphatic rings. The number of nitrogen functional groups attached to an aromatic ring is 1. The minimum atomic E-state index is 0.235. The Bertz CT molecular complexity index is 671. The van der Waals surface area contributed by atoms with Gasteiger partial charge in [-0.3, -0.25) is 4.98 Å². The first-order chi connectivity index (χ1) is 8.22. The second-order valence-electron chi connectivity index (χ2n) is 3.59. The van der Waals surface area contributed by atoms with Crippen LogP contribution in [0.1, 0.15) is 5.82 Å². The lowest BCUT2D eigenvalue weighted by Crippen LogP contribution is -2.01. The zero-order chi connectivity index (χ0) is 11.8. The second kappa shape index (κ2) is 3.74. The molecule has 84 valence electrons. The Labute approximate surface area is 101 Å². The number of aryl methyl sites for hydroxylation is 1. The monoisotopic (exact) mass is 243 g/mol. The maximum Gasteiger partial charge on any atom is 0.223 e. The lowest BCUT2D eigenvalue weighted by molar-refractivity contribution is 0.996. The molecule has 0 aliphatic heterocycles. The highest BCUT2D eigenvalue weighted by Gasteiger charge is 2.06. The molecule has 3 heterocycles. The summed E-state index contributed by atoms with van der Waals surface area (Å²) in [6.45, 7) is 1.79. The van der Waals surface area contributed by atoms with Gasteiger partial charge in [0.25, 0.3) is 0 Å². The molecule has 0 atom stereocenters. The third-order valence-electron chi connectivity index (χ3n) is 2.33. The van der Waals surface area contributed by atoms with Gasteiger partial charge in [-0.1, -0.05) is 0 Å². The summed E-state index contributed by atoms with van der Waals surface area (Å²) in [5.41, 5.74) is 7.45. The number of anilines is 1. The lowest BCUT2D eigenvalue weighted by Gasteiger charge is -2.01. The summed E-state index contributed by atoms with van der Waals surface area (Å²) in [6.07, 6.45) is 1.75. The van der Waals surface area contributed by atoms with E-state index in [1.807, 2.05) is 17.5 Å². The van der Waals surface area contributed by atoms with Crippen LogP contribution in [0.4, 0.5) is 5.95 Å². The molecule has 3 rings (SSSR count). The predicted octanol–water partition coefficient (Wildman–Crippen LogP) is 2.04. The summed E-state index contributed by atoms with van der Waals surface area (Å²) in [7, 11) is 0. The highest BCUT2D eigenvalue weighted by molar-refractivity contribution is 7.17. The molecule has 6 heteroatoms. The van der Waals surface area contributed by atoms with E-state index in [2.05, 4.69) is 19.9 Å². The van der Waals surface area contributed by atoms with E-state index in [1.165, 1.54) is 0 Å². The first-order valence-corrected chi connectivity index (χ1v) is 5.92. The molecule has 0 bridgehead atoms. The SMILES string of the molecule is Cc1nc(N)nc(-c2cnc3ccsc3c2)n1. The smallest absolute Gasteiger partial charge is 0.223 e. The van der Waals surface area contributed by atoms with Crippen molar-refractivity contribution in [3.63, 3.8) is 0 Å². The van der Waals surface area contributed by atoms with Gasteiger partial charge < -0.3 is 5.73 Å². The van der Waals surface area contributed by atoms with Crippen molar-refractivity contribution in [2.45, 2.75) is 6.92 Å². The van der Waals surface area contributed by atoms with Gasteiger partial charge >= 0.3 is 0 Å². The van der Waals surface area contributed by atoms with Crippen LogP contribution in [0.3, 0.4) is 0 Å². The van der Waals surface area contributed by atoms with E-state index in [-0.39, 0.29) is 5.95 Å². The maximum absolute atomic E-state index is 5.61. The molecular formula is C11H9N5S. The highest BCUT2D eigenvalue weighted by Crippen LogP contribution is 2.23. The predicted molar refractivity (Wildman–Crippen MR) is 67.6 cm³/mol. The molecule has 0 spiro atoms. The number of hydrogen-bond donors (Lipinski definition) is 1. The topological polar surface area (TPSA) is 77.6 Å². The first kappa shape index (κ1) is 10.1. The van der Waals surface area contributed by atoms with Crippen molar-refractivity contribution in [2.75, 3.05) is 5.73 Å². The van der Waals surface area contributed by atoms with Crippen molar-refractivity contribution in [2.24, 2.45) is 0 Å². The maximum atomic E-state index is 5.61. The average molecular weight is 243 g/mol. The van der Waals surface area contributed by atoms with E-state index in [9.17, 15) is 0 Å². The number of nitrogens with zero attached hydrogens (tertiary/aromatic N) is 4. The molecule has 3 aromatic rings. The van der Waals surface area contributed by atoms with Crippen molar-refractivity contribution in [3.05, 3.63) is 29.5 Å².